The number of nitrogens with one attached hydrogen (secondary N) is 4. The zero-order valence-electron chi connectivity index (χ0n) is 27.0. The third-order valence-electron chi connectivity index (χ3n) is 8.35. The molecule has 1 aliphatic rings. The first-order valence-corrected chi connectivity index (χ1v) is 15.1. The van der Waals surface area contributed by atoms with Crippen molar-refractivity contribution >= 4 is 28.4 Å². The molecule has 46 heavy (non-hydrogen) atoms. The molecule has 0 saturated carbocycles. The Labute approximate surface area is 267 Å². The summed E-state index contributed by atoms with van der Waals surface area (Å²) in [6.45, 7) is 3.57. The predicted octanol–water partition coefficient (Wildman–Crippen LogP) is 4.51. The molecule has 0 unspecified atom stereocenters. The van der Waals surface area contributed by atoms with E-state index in [4.69, 9.17) is 18.9 Å². The standard InChI is InChI=1S/C35H40N4O7/c1-19(35(42)36-14-13-22-18-37-27-11-8-23(43-3)16-25(22)27)38-29-12-9-24-26(17-30(29)41)28(39-20(2)40)10-7-21-15-31(44-4)33(45-5)34(46-6)32(21)24/h8-9,11-12,15-19,28,37H,7,10,13-14H2,1-6H3,(H,36,42)(H,38,41)(H,39,40)/t19-,28-/m1/s1. The number of aromatic nitrogens is 1. The first kappa shape index (κ1) is 32.2. The molecule has 0 bridgehead atoms. The lowest BCUT2D eigenvalue weighted by atomic mass is 9.95. The van der Waals surface area contributed by atoms with Crippen LogP contribution in [0.4, 0.5) is 5.69 Å². The highest BCUT2D eigenvalue weighted by atomic mass is 16.5. The summed E-state index contributed by atoms with van der Waals surface area (Å²) >= 11 is 0. The summed E-state index contributed by atoms with van der Waals surface area (Å²) in [5.41, 5.74) is 5.03. The van der Waals surface area contributed by atoms with Crippen molar-refractivity contribution in [3.63, 3.8) is 0 Å². The number of benzene rings is 2. The third-order valence-corrected chi connectivity index (χ3v) is 8.35. The van der Waals surface area contributed by atoms with E-state index >= 15 is 0 Å². The Kier molecular flexibility index (Phi) is 9.69. The SMILES string of the molecule is COc1ccc2[nH]cc(CCNC(=O)[C@@H](C)Nc3ccc4c(cc3=O)[C@H](NC(C)=O)CCc3cc(OC)c(OC)c(OC)c3-4)c2c1. The molecule has 0 radical (unpaired) electrons. The lowest BCUT2D eigenvalue weighted by Gasteiger charge is -2.19. The van der Waals surface area contributed by atoms with Gasteiger partial charge in [-0.25, -0.2) is 0 Å². The van der Waals surface area contributed by atoms with Gasteiger partial charge in [-0.05, 0) is 84.8 Å². The number of ether oxygens (including phenoxy) is 4. The van der Waals surface area contributed by atoms with Crippen molar-refractivity contribution in [3.8, 4) is 34.1 Å². The smallest absolute Gasteiger partial charge is 0.242 e. The average Bonchev–Trinajstić information content (AvgIpc) is 3.31. The Morgan fingerprint density at radius 3 is 2.46 bits per heavy atom. The summed E-state index contributed by atoms with van der Waals surface area (Å²) in [5, 5.41) is 10.1. The minimum absolute atomic E-state index is 0.210. The normalized spacial score (nSPS) is 14.3. The monoisotopic (exact) mass is 628 g/mol. The fourth-order valence-electron chi connectivity index (χ4n) is 6.09. The van der Waals surface area contributed by atoms with E-state index in [0.29, 0.717) is 54.2 Å². The number of H-pyrrole nitrogens is 1. The highest BCUT2D eigenvalue weighted by Crippen LogP contribution is 2.50. The lowest BCUT2D eigenvalue weighted by molar-refractivity contribution is -0.121. The molecule has 2 amide bonds. The Hall–Kier alpha value is -5.19. The maximum absolute atomic E-state index is 13.6. The average molecular weight is 629 g/mol. The number of fused-ring (bicyclic) bond motifs is 4. The van der Waals surface area contributed by atoms with Crippen LogP contribution >= 0.6 is 0 Å². The van der Waals surface area contributed by atoms with E-state index in [1.54, 1.807) is 34.3 Å². The van der Waals surface area contributed by atoms with Gasteiger partial charge in [0.2, 0.25) is 23.0 Å². The van der Waals surface area contributed by atoms with Gasteiger partial charge in [0.15, 0.2) is 11.5 Å². The van der Waals surface area contributed by atoms with Gasteiger partial charge in [-0.3, -0.25) is 14.4 Å². The van der Waals surface area contributed by atoms with Crippen LogP contribution in [0, 0.1) is 0 Å². The van der Waals surface area contributed by atoms with Crippen molar-refractivity contribution in [3.05, 3.63) is 75.6 Å². The Balaban J connectivity index is 1.42. The predicted molar refractivity (Wildman–Crippen MR) is 177 cm³/mol. The van der Waals surface area contributed by atoms with Gasteiger partial charge < -0.3 is 39.9 Å². The van der Waals surface area contributed by atoms with Crippen LogP contribution in [0.2, 0.25) is 0 Å². The molecule has 1 aromatic heterocycles. The zero-order chi connectivity index (χ0) is 33.0. The number of hydrogen-bond donors (Lipinski definition) is 4. The number of carbonyl (C=O) groups is 2. The molecule has 4 N–H and O–H groups in total. The minimum atomic E-state index is -0.699. The highest BCUT2D eigenvalue weighted by Gasteiger charge is 2.29. The molecule has 3 aromatic carbocycles. The Morgan fingerprint density at radius 1 is 0.978 bits per heavy atom. The number of amides is 2. The first-order valence-electron chi connectivity index (χ1n) is 15.1. The van der Waals surface area contributed by atoms with Crippen LogP contribution in [0.3, 0.4) is 0 Å². The van der Waals surface area contributed by atoms with E-state index in [1.165, 1.54) is 20.1 Å². The molecule has 1 heterocycles. The number of rotatable bonds is 11. The zero-order valence-corrected chi connectivity index (χ0v) is 27.0. The highest BCUT2D eigenvalue weighted by molar-refractivity contribution is 5.87. The van der Waals surface area contributed by atoms with Crippen LogP contribution in [0.25, 0.3) is 22.0 Å². The summed E-state index contributed by atoms with van der Waals surface area (Å²) in [5.74, 6) is 1.73. The van der Waals surface area contributed by atoms with Gasteiger partial charge in [0, 0.05) is 36.1 Å². The number of anilines is 1. The maximum Gasteiger partial charge on any atom is 0.242 e. The summed E-state index contributed by atoms with van der Waals surface area (Å²) in [6.07, 6.45) is 3.69. The molecular formula is C35H40N4O7. The molecule has 1 aliphatic carbocycles. The first-order chi connectivity index (χ1) is 22.2. The molecule has 4 aromatic rings. The second-order valence-corrected chi connectivity index (χ2v) is 11.2. The number of carbonyl (C=O) groups excluding carboxylic acids is 2. The van der Waals surface area contributed by atoms with Gasteiger partial charge >= 0.3 is 0 Å². The molecule has 0 spiro atoms. The number of aryl methyl sites for hydroxylation is 1. The molecular weight excluding hydrogens is 588 g/mol. The largest absolute Gasteiger partial charge is 0.497 e. The molecule has 5 rings (SSSR count). The quantitative estimate of drug-likeness (QED) is 0.190. The minimum Gasteiger partial charge on any atom is -0.497 e. The number of methoxy groups -OCH3 is 4. The van der Waals surface area contributed by atoms with E-state index in [-0.39, 0.29) is 22.9 Å². The molecule has 0 fully saturated rings. The third kappa shape index (κ3) is 6.44. The Morgan fingerprint density at radius 2 is 1.76 bits per heavy atom. The number of aromatic amines is 1. The second kappa shape index (κ2) is 13.8. The summed E-state index contributed by atoms with van der Waals surface area (Å²) in [6, 6.07) is 11.6. The molecule has 2 atom stereocenters. The van der Waals surface area contributed by atoms with Gasteiger partial charge in [-0.2, -0.15) is 0 Å². The van der Waals surface area contributed by atoms with Crippen LogP contribution < -0.4 is 40.3 Å². The van der Waals surface area contributed by atoms with E-state index in [1.807, 2.05) is 36.5 Å². The van der Waals surface area contributed by atoms with Crippen LogP contribution in [0.15, 0.2) is 53.5 Å². The van der Waals surface area contributed by atoms with Crippen molar-refractivity contribution in [1.82, 2.24) is 15.6 Å². The second-order valence-electron chi connectivity index (χ2n) is 11.2. The summed E-state index contributed by atoms with van der Waals surface area (Å²) in [7, 11) is 6.28. The van der Waals surface area contributed by atoms with Gasteiger partial charge in [-0.1, -0.05) is 6.07 Å². The molecule has 11 heteroatoms. The maximum atomic E-state index is 13.6. The van der Waals surface area contributed by atoms with Crippen molar-refractivity contribution in [1.29, 1.82) is 0 Å². The topological polar surface area (TPSA) is 140 Å². The van der Waals surface area contributed by atoms with E-state index in [0.717, 1.165) is 33.3 Å². The number of hydrogen-bond acceptors (Lipinski definition) is 8. The summed E-state index contributed by atoms with van der Waals surface area (Å²) in [4.78, 5) is 42.2. The van der Waals surface area contributed by atoms with E-state index in [2.05, 4.69) is 20.9 Å². The fraction of sp³-hybridized carbons (Fsp3) is 0.343. The molecule has 242 valence electrons. The van der Waals surface area contributed by atoms with Gasteiger partial charge in [0.25, 0.3) is 0 Å². The van der Waals surface area contributed by atoms with Gasteiger partial charge in [0.1, 0.15) is 11.8 Å². The van der Waals surface area contributed by atoms with Crippen molar-refractivity contribution < 1.29 is 28.5 Å². The molecule has 0 aliphatic heterocycles. The van der Waals surface area contributed by atoms with Crippen LogP contribution in [-0.2, 0) is 22.4 Å². The van der Waals surface area contributed by atoms with Crippen molar-refractivity contribution in [2.45, 2.75) is 45.2 Å². The van der Waals surface area contributed by atoms with Crippen molar-refractivity contribution in [2.75, 3.05) is 40.3 Å². The summed E-state index contributed by atoms with van der Waals surface area (Å²) < 4.78 is 22.4. The van der Waals surface area contributed by atoms with E-state index < -0.39 is 12.1 Å². The van der Waals surface area contributed by atoms with Crippen molar-refractivity contribution in [2.24, 2.45) is 0 Å². The van der Waals surface area contributed by atoms with Gasteiger partial charge in [-0.15, -0.1) is 0 Å². The van der Waals surface area contributed by atoms with Crippen LogP contribution in [-0.4, -0.2) is 57.8 Å². The fourth-order valence-corrected chi connectivity index (χ4v) is 6.09. The molecule has 0 saturated heterocycles. The van der Waals surface area contributed by atoms with E-state index in [9.17, 15) is 14.4 Å². The Bertz CT molecular complexity index is 1830. The van der Waals surface area contributed by atoms with Crippen LogP contribution in [0.5, 0.6) is 23.0 Å². The van der Waals surface area contributed by atoms with Gasteiger partial charge in [0.05, 0.1) is 40.2 Å². The lowest BCUT2D eigenvalue weighted by Crippen LogP contribution is -2.39. The van der Waals surface area contributed by atoms with Crippen LogP contribution in [0.1, 0.15) is 43.0 Å². The molecule has 11 nitrogen and oxygen atoms in total.